The Kier molecular flexibility index (Phi) is 4.24. The number of hydrogen-bond donors (Lipinski definition) is 3. The number of hydrogen-bond acceptors (Lipinski definition) is 4. The Hall–Kier alpha value is -2.08. The van der Waals surface area contributed by atoms with E-state index in [1.165, 1.54) is 0 Å². The first-order valence-electron chi connectivity index (χ1n) is 6.52. The van der Waals surface area contributed by atoms with Crippen LogP contribution in [0.25, 0.3) is 0 Å². The molecule has 4 N–H and O–H groups in total. The standard InChI is InChI=1S/C14H18N2O4/c15-9-14(6-3-7-14)13(19)16-10-4-1-2-5-11(10)20-8-12(17)18/h1-2,4-5H,3,6-9,15H2,(H,16,19)(H,17,18). The SMILES string of the molecule is NCC1(C(=O)Nc2ccccc2OCC(=O)O)CCC1. The van der Waals surface area contributed by atoms with E-state index in [0.29, 0.717) is 18.0 Å². The quantitative estimate of drug-likeness (QED) is 0.726. The molecule has 6 nitrogen and oxygen atoms in total. The van der Waals surface area contributed by atoms with Crippen LogP contribution in [-0.4, -0.2) is 30.1 Å². The molecule has 1 aromatic carbocycles. The average Bonchev–Trinajstić information content (AvgIpc) is 2.37. The van der Waals surface area contributed by atoms with Gasteiger partial charge in [-0.1, -0.05) is 18.6 Å². The van der Waals surface area contributed by atoms with E-state index in [9.17, 15) is 9.59 Å². The van der Waals surface area contributed by atoms with Gasteiger partial charge in [0.05, 0.1) is 11.1 Å². The molecule has 1 saturated carbocycles. The molecule has 1 aromatic rings. The number of aliphatic carboxylic acids is 1. The van der Waals surface area contributed by atoms with E-state index in [2.05, 4.69) is 5.32 Å². The van der Waals surface area contributed by atoms with Crippen LogP contribution in [0.3, 0.4) is 0 Å². The third-order valence-corrected chi connectivity index (χ3v) is 3.67. The van der Waals surface area contributed by atoms with Crippen molar-refractivity contribution in [2.24, 2.45) is 11.1 Å². The van der Waals surface area contributed by atoms with Crippen molar-refractivity contribution in [3.05, 3.63) is 24.3 Å². The minimum absolute atomic E-state index is 0.127. The molecule has 1 amide bonds. The van der Waals surface area contributed by atoms with Gasteiger partial charge in [0.2, 0.25) is 5.91 Å². The minimum Gasteiger partial charge on any atom is -0.480 e. The zero-order chi connectivity index (χ0) is 14.6. The second-order valence-corrected chi connectivity index (χ2v) is 4.97. The monoisotopic (exact) mass is 278 g/mol. The van der Waals surface area contributed by atoms with Crippen LogP contribution in [0.15, 0.2) is 24.3 Å². The van der Waals surface area contributed by atoms with Crippen LogP contribution in [0.2, 0.25) is 0 Å². The van der Waals surface area contributed by atoms with Crippen LogP contribution in [0.1, 0.15) is 19.3 Å². The fourth-order valence-electron chi connectivity index (χ4n) is 2.22. The number of ether oxygens (including phenoxy) is 1. The maximum absolute atomic E-state index is 12.3. The fourth-order valence-corrected chi connectivity index (χ4v) is 2.22. The molecule has 0 aromatic heterocycles. The van der Waals surface area contributed by atoms with E-state index in [1.807, 2.05) is 0 Å². The molecule has 6 heteroatoms. The highest BCUT2D eigenvalue weighted by atomic mass is 16.5. The summed E-state index contributed by atoms with van der Waals surface area (Å²) in [5, 5.41) is 11.4. The van der Waals surface area contributed by atoms with Gasteiger partial charge in [-0.3, -0.25) is 4.79 Å². The van der Waals surface area contributed by atoms with Crippen molar-refractivity contribution in [2.45, 2.75) is 19.3 Å². The van der Waals surface area contributed by atoms with E-state index >= 15 is 0 Å². The van der Waals surface area contributed by atoms with Gasteiger partial charge in [0.1, 0.15) is 5.75 Å². The highest BCUT2D eigenvalue weighted by molar-refractivity contribution is 5.97. The Morgan fingerprint density at radius 3 is 2.60 bits per heavy atom. The lowest BCUT2D eigenvalue weighted by molar-refractivity contribution is -0.139. The van der Waals surface area contributed by atoms with Gasteiger partial charge in [-0.15, -0.1) is 0 Å². The van der Waals surface area contributed by atoms with Gasteiger partial charge in [0.25, 0.3) is 0 Å². The predicted octanol–water partition coefficient (Wildman–Crippen LogP) is 1.22. The van der Waals surface area contributed by atoms with Crippen molar-refractivity contribution in [3.63, 3.8) is 0 Å². The molecular weight excluding hydrogens is 260 g/mol. The van der Waals surface area contributed by atoms with Crippen LogP contribution in [-0.2, 0) is 9.59 Å². The molecule has 108 valence electrons. The van der Waals surface area contributed by atoms with E-state index in [4.69, 9.17) is 15.6 Å². The molecule has 0 atom stereocenters. The second kappa shape index (κ2) is 5.92. The summed E-state index contributed by atoms with van der Waals surface area (Å²) in [5.41, 5.74) is 5.67. The molecule has 0 saturated heterocycles. The molecule has 20 heavy (non-hydrogen) atoms. The van der Waals surface area contributed by atoms with Gasteiger partial charge >= 0.3 is 5.97 Å². The van der Waals surface area contributed by atoms with Gasteiger partial charge in [0, 0.05) is 6.54 Å². The number of rotatable bonds is 6. The number of nitrogens with one attached hydrogen (secondary N) is 1. The van der Waals surface area contributed by atoms with Crippen LogP contribution >= 0.6 is 0 Å². The Labute approximate surface area is 116 Å². The van der Waals surface area contributed by atoms with E-state index < -0.39 is 18.0 Å². The zero-order valence-electron chi connectivity index (χ0n) is 11.1. The summed E-state index contributed by atoms with van der Waals surface area (Å²) in [6.07, 6.45) is 2.57. The van der Waals surface area contributed by atoms with Gasteiger partial charge in [0.15, 0.2) is 6.61 Å². The summed E-state index contributed by atoms with van der Waals surface area (Å²) in [5.74, 6) is -0.851. The number of carboxylic acids is 1. The molecule has 1 aliphatic rings. The number of carboxylic acid groups (broad SMARTS) is 1. The van der Waals surface area contributed by atoms with Crippen LogP contribution < -0.4 is 15.8 Å². The molecule has 0 bridgehead atoms. The van der Waals surface area contributed by atoms with E-state index in [0.717, 1.165) is 19.3 Å². The lowest BCUT2D eigenvalue weighted by Crippen LogP contribution is -2.47. The van der Waals surface area contributed by atoms with Crippen LogP contribution in [0.5, 0.6) is 5.75 Å². The van der Waals surface area contributed by atoms with E-state index in [-0.39, 0.29) is 5.91 Å². The molecule has 0 aliphatic heterocycles. The molecule has 0 spiro atoms. The third-order valence-electron chi connectivity index (χ3n) is 3.67. The molecule has 0 unspecified atom stereocenters. The van der Waals surface area contributed by atoms with E-state index in [1.54, 1.807) is 24.3 Å². The van der Waals surface area contributed by atoms with Crippen LogP contribution in [0, 0.1) is 5.41 Å². The number of amides is 1. The summed E-state index contributed by atoms with van der Waals surface area (Å²) in [6.45, 7) is -0.133. The van der Waals surface area contributed by atoms with Crippen molar-refractivity contribution < 1.29 is 19.4 Å². The number of para-hydroxylation sites is 2. The molecule has 1 fully saturated rings. The maximum atomic E-state index is 12.3. The predicted molar refractivity (Wildman–Crippen MR) is 73.5 cm³/mol. The summed E-state index contributed by atoms with van der Waals surface area (Å²) in [4.78, 5) is 22.8. The summed E-state index contributed by atoms with van der Waals surface area (Å²) in [7, 11) is 0. The Balaban J connectivity index is 2.08. The highest BCUT2D eigenvalue weighted by Gasteiger charge is 2.42. The third kappa shape index (κ3) is 2.91. The van der Waals surface area contributed by atoms with Gasteiger partial charge < -0.3 is 20.9 Å². The molecule has 0 heterocycles. The van der Waals surface area contributed by atoms with Crippen molar-refractivity contribution in [1.29, 1.82) is 0 Å². The lowest BCUT2D eigenvalue weighted by atomic mass is 9.68. The van der Waals surface area contributed by atoms with Gasteiger partial charge in [-0.25, -0.2) is 4.79 Å². The molecule has 2 rings (SSSR count). The Bertz CT molecular complexity index is 506. The topological polar surface area (TPSA) is 102 Å². The van der Waals surface area contributed by atoms with Gasteiger partial charge in [-0.05, 0) is 25.0 Å². The number of nitrogens with two attached hydrogens (primary N) is 1. The number of carbonyl (C=O) groups is 2. The van der Waals surface area contributed by atoms with Crippen molar-refractivity contribution >= 4 is 17.6 Å². The number of anilines is 1. The Morgan fingerprint density at radius 2 is 2.05 bits per heavy atom. The Morgan fingerprint density at radius 1 is 1.35 bits per heavy atom. The van der Waals surface area contributed by atoms with Gasteiger partial charge in [-0.2, -0.15) is 0 Å². The second-order valence-electron chi connectivity index (χ2n) is 4.97. The minimum atomic E-state index is -1.07. The first kappa shape index (κ1) is 14.3. The molecule has 0 radical (unpaired) electrons. The smallest absolute Gasteiger partial charge is 0.341 e. The summed E-state index contributed by atoms with van der Waals surface area (Å²) in [6, 6.07) is 6.76. The number of carbonyl (C=O) groups excluding carboxylic acids is 1. The first-order chi connectivity index (χ1) is 9.57. The largest absolute Gasteiger partial charge is 0.480 e. The summed E-state index contributed by atoms with van der Waals surface area (Å²) < 4.78 is 5.15. The van der Waals surface area contributed by atoms with Crippen LogP contribution in [0.4, 0.5) is 5.69 Å². The zero-order valence-corrected chi connectivity index (χ0v) is 11.1. The fraction of sp³-hybridized carbons (Fsp3) is 0.429. The van der Waals surface area contributed by atoms with Crippen molar-refractivity contribution in [3.8, 4) is 5.75 Å². The average molecular weight is 278 g/mol. The molecular formula is C14H18N2O4. The van der Waals surface area contributed by atoms with Crippen molar-refractivity contribution in [1.82, 2.24) is 0 Å². The number of benzene rings is 1. The highest BCUT2D eigenvalue weighted by Crippen LogP contribution is 2.41. The normalized spacial score (nSPS) is 16.1. The molecule has 1 aliphatic carbocycles. The first-order valence-corrected chi connectivity index (χ1v) is 6.52. The van der Waals surface area contributed by atoms with Crippen molar-refractivity contribution in [2.75, 3.05) is 18.5 Å². The maximum Gasteiger partial charge on any atom is 0.341 e. The summed E-state index contributed by atoms with van der Waals surface area (Å²) >= 11 is 0. The lowest BCUT2D eigenvalue weighted by Gasteiger charge is -2.39.